The number of hydrogen-bond donors (Lipinski definition) is 1. The largest absolute Gasteiger partial charge is 0.497 e. The fraction of sp³-hybridized carbons (Fsp3) is 0.294. The van der Waals surface area contributed by atoms with Crippen molar-refractivity contribution in [3.63, 3.8) is 0 Å². The van der Waals surface area contributed by atoms with Crippen molar-refractivity contribution in [2.24, 2.45) is 0 Å². The molecule has 0 atom stereocenters. The van der Waals surface area contributed by atoms with Crippen molar-refractivity contribution >= 4 is 5.69 Å². The van der Waals surface area contributed by atoms with Crippen LogP contribution in [-0.2, 0) is 13.1 Å². The summed E-state index contributed by atoms with van der Waals surface area (Å²) in [7, 11) is 3.77. The van der Waals surface area contributed by atoms with Gasteiger partial charge in [-0.3, -0.25) is 4.90 Å². The van der Waals surface area contributed by atoms with Crippen LogP contribution in [0.3, 0.4) is 0 Å². The van der Waals surface area contributed by atoms with E-state index in [1.54, 1.807) is 7.11 Å². The van der Waals surface area contributed by atoms with Crippen LogP contribution in [0.2, 0.25) is 0 Å². The van der Waals surface area contributed by atoms with Crippen molar-refractivity contribution in [3.05, 3.63) is 59.2 Å². The summed E-state index contributed by atoms with van der Waals surface area (Å²) >= 11 is 0. The monoisotopic (exact) mass is 270 g/mol. The number of nitrogen functional groups attached to an aromatic ring is 1. The highest BCUT2D eigenvalue weighted by Gasteiger charge is 2.06. The van der Waals surface area contributed by atoms with Crippen molar-refractivity contribution in [1.29, 1.82) is 0 Å². The number of nitrogens with zero attached hydrogens (tertiary/aromatic N) is 1. The third-order valence-electron chi connectivity index (χ3n) is 3.33. The highest BCUT2D eigenvalue weighted by Crippen LogP contribution is 2.21. The Hall–Kier alpha value is -2.00. The summed E-state index contributed by atoms with van der Waals surface area (Å²) in [6, 6.07) is 14.4. The molecule has 0 amide bonds. The molecule has 0 saturated carbocycles. The normalized spacial score (nSPS) is 10.8. The van der Waals surface area contributed by atoms with Gasteiger partial charge in [0, 0.05) is 18.8 Å². The molecule has 0 aliphatic heterocycles. The molecule has 0 saturated heterocycles. The number of rotatable bonds is 5. The van der Waals surface area contributed by atoms with E-state index in [4.69, 9.17) is 10.5 Å². The van der Waals surface area contributed by atoms with Crippen LogP contribution in [-0.4, -0.2) is 19.1 Å². The molecule has 0 fully saturated rings. The molecule has 3 heteroatoms. The maximum Gasteiger partial charge on any atom is 0.119 e. The molecule has 0 bridgehead atoms. The zero-order valence-corrected chi connectivity index (χ0v) is 12.4. The highest BCUT2D eigenvalue weighted by molar-refractivity contribution is 5.50. The van der Waals surface area contributed by atoms with Gasteiger partial charge in [-0.05, 0) is 43.3 Å². The van der Waals surface area contributed by atoms with E-state index in [1.807, 2.05) is 18.2 Å². The minimum absolute atomic E-state index is 0.803. The van der Waals surface area contributed by atoms with E-state index in [-0.39, 0.29) is 0 Å². The van der Waals surface area contributed by atoms with Crippen molar-refractivity contribution in [3.8, 4) is 5.75 Å². The van der Waals surface area contributed by atoms with Crippen LogP contribution in [0.25, 0.3) is 0 Å². The lowest BCUT2D eigenvalue weighted by atomic mass is 10.1. The highest BCUT2D eigenvalue weighted by atomic mass is 16.5. The Morgan fingerprint density at radius 3 is 2.60 bits per heavy atom. The van der Waals surface area contributed by atoms with Crippen LogP contribution in [0.15, 0.2) is 42.5 Å². The molecule has 106 valence electrons. The van der Waals surface area contributed by atoms with Crippen LogP contribution < -0.4 is 10.5 Å². The van der Waals surface area contributed by atoms with Gasteiger partial charge in [0.05, 0.1) is 7.11 Å². The molecule has 2 aromatic rings. The molecule has 2 aromatic carbocycles. The van der Waals surface area contributed by atoms with E-state index in [0.29, 0.717) is 0 Å². The first-order valence-corrected chi connectivity index (χ1v) is 6.75. The summed E-state index contributed by atoms with van der Waals surface area (Å²) in [5.41, 5.74) is 10.5. The van der Waals surface area contributed by atoms with E-state index in [1.165, 1.54) is 11.1 Å². The smallest absolute Gasteiger partial charge is 0.119 e. The molecule has 0 radical (unpaired) electrons. The summed E-state index contributed by atoms with van der Waals surface area (Å²) in [6.07, 6.45) is 0. The average molecular weight is 270 g/mol. The van der Waals surface area contributed by atoms with Crippen LogP contribution in [0, 0.1) is 6.92 Å². The van der Waals surface area contributed by atoms with Crippen LogP contribution in [0.4, 0.5) is 5.69 Å². The Morgan fingerprint density at radius 1 is 1.10 bits per heavy atom. The van der Waals surface area contributed by atoms with Crippen molar-refractivity contribution in [1.82, 2.24) is 4.90 Å². The van der Waals surface area contributed by atoms with Gasteiger partial charge in [-0.2, -0.15) is 0 Å². The molecular formula is C17H22N2O. The Kier molecular flexibility index (Phi) is 4.64. The first-order chi connectivity index (χ1) is 9.58. The molecule has 0 heterocycles. The van der Waals surface area contributed by atoms with E-state index in [0.717, 1.165) is 30.1 Å². The molecule has 0 unspecified atom stereocenters. The Balaban J connectivity index is 2.06. The number of benzene rings is 2. The Bertz CT molecular complexity index is 581. The van der Waals surface area contributed by atoms with Gasteiger partial charge in [0.25, 0.3) is 0 Å². The summed E-state index contributed by atoms with van der Waals surface area (Å²) in [5.74, 6) is 0.846. The number of aryl methyl sites for hydroxylation is 1. The molecule has 0 aliphatic carbocycles. The predicted octanol–water partition coefficient (Wildman–Crippen LogP) is 3.22. The quantitative estimate of drug-likeness (QED) is 0.848. The lowest BCUT2D eigenvalue weighted by Crippen LogP contribution is -2.18. The number of ether oxygens (including phenoxy) is 1. The summed E-state index contributed by atoms with van der Waals surface area (Å²) < 4.78 is 5.25. The SMILES string of the molecule is COc1ccc(N)c(CN(C)Cc2cccc(C)c2)c1. The fourth-order valence-electron chi connectivity index (χ4n) is 2.31. The van der Waals surface area contributed by atoms with Gasteiger partial charge in [-0.1, -0.05) is 29.8 Å². The molecule has 3 nitrogen and oxygen atoms in total. The van der Waals surface area contributed by atoms with E-state index in [9.17, 15) is 0 Å². The molecule has 2 N–H and O–H groups in total. The minimum Gasteiger partial charge on any atom is -0.497 e. The van der Waals surface area contributed by atoms with Crippen LogP contribution >= 0.6 is 0 Å². The number of hydrogen-bond acceptors (Lipinski definition) is 3. The average Bonchev–Trinajstić information content (AvgIpc) is 2.41. The molecule has 20 heavy (non-hydrogen) atoms. The van der Waals surface area contributed by atoms with Gasteiger partial charge in [0.15, 0.2) is 0 Å². The third kappa shape index (κ3) is 3.75. The van der Waals surface area contributed by atoms with Crippen LogP contribution in [0.5, 0.6) is 5.75 Å². The zero-order chi connectivity index (χ0) is 14.5. The van der Waals surface area contributed by atoms with Gasteiger partial charge in [-0.15, -0.1) is 0 Å². The second-order valence-corrected chi connectivity index (χ2v) is 5.23. The lowest BCUT2D eigenvalue weighted by Gasteiger charge is -2.18. The second kappa shape index (κ2) is 6.44. The van der Waals surface area contributed by atoms with Gasteiger partial charge < -0.3 is 10.5 Å². The van der Waals surface area contributed by atoms with Gasteiger partial charge >= 0.3 is 0 Å². The van der Waals surface area contributed by atoms with E-state index < -0.39 is 0 Å². The Morgan fingerprint density at radius 2 is 1.90 bits per heavy atom. The van der Waals surface area contributed by atoms with Crippen molar-refractivity contribution < 1.29 is 4.74 Å². The number of methoxy groups -OCH3 is 1. The van der Waals surface area contributed by atoms with Gasteiger partial charge in [-0.25, -0.2) is 0 Å². The fourth-order valence-corrected chi connectivity index (χ4v) is 2.31. The second-order valence-electron chi connectivity index (χ2n) is 5.23. The van der Waals surface area contributed by atoms with Crippen molar-refractivity contribution in [2.75, 3.05) is 19.9 Å². The topological polar surface area (TPSA) is 38.5 Å². The first-order valence-electron chi connectivity index (χ1n) is 6.75. The number of nitrogens with two attached hydrogens (primary N) is 1. The molecular weight excluding hydrogens is 248 g/mol. The number of anilines is 1. The zero-order valence-electron chi connectivity index (χ0n) is 12.4. The van der Waals surface area contributed by atoms with Crippen molar-refractivity contribution in [2.45, 2.75) is 20.0 Å². The summed E-state index contributed by atoms with van der Waals surface area (Å²) in [5, 5.41) is 0. The maximum atomic E-state index is 6.03. The first kappa shape index (κ1) is 14.4. The molecule has 2 rings (SSSR count). The molecule has 0 aliphatic rings. The third-order valence-corrected chi connectivity index (χ3v) is 3.33. The summed E-state index contributed by atoms with van der Waals surface area (Å²) in [4.78, 5) is 2.25. The Labute approximate surface area is 121 Å². The standard InChI is InChI=1S/C17H22N2O/c1-13-5-4-6-14(9-13)11-19(2)12-15-10-16(20-3)7-8-17(15)18/h4-10H,11-12,18H2,1-3H3. The van der Waals surface area contributed by atoms with E-state index >= 15 is 0 Å². The maximum absolute atomic E-state index is 6.03. The molecule has 0 spiro atoms. The van der Waals surface area contributed by atoms with Gasteiger partial charge in [0.2, 0.25) is 0 Å². The van der Waals surface area contributed by atoms with E-state index in [2.05, 4.69) is 43.1 Å². The molecule has 0 aromatic heterocycles. The predicted molar refractivity (Wildman–Crippen MR) is 83.8 cm³/mol. The summed E-state index contributed by atoms with van der Waals surface area (Å²) in [6.45, 7) is 3.82. The van der Waals surface area contributed by atoms with Crippen LogP contribution in [0.1, 0.15) is 16.7 Å². The lowest BCUT2D eigenvalue weighted by molar-refractivity contribution is 0.318. The minimum atomic E-state index is 0.803. The van der Waals surface area contributed by atoms with Gasteiger partial charge in [0.1, 0.15) is 5.75 Å².